The minimum Gasteiger partial charge on any atom is -0.373 e. The van der Waals surface area contributed by atoms with E-state index in [4.69, 9.17) is 0 Å². The Morgan fingerprint density at radius 1 is 1.41 bits per heavy atom. The second kappa shape index (κ2) is 6.38. The summed E-state index contributed by atoms with van der Waals surface area (Å²) < 4.78 is 0. The van der Waals surface area contributed by atoms with Gasteiger partial charge in [-0.05, 0) is 24.5 Å². The van der Waals surface area contributed by atoms with E-state index in [1.54, 1.807) is 6.20 Å². The molecule has 1 aromatic heterocycles. The molecule has 0 aromatic carbocycles. The zero-order valence-corrected chi connectivity index (χ0v) is 11.2. The predicted octanol–water partition coefficient (Wildman–Crippen LogP) is 3.16. The molecule has 1 rings (SSSR count). The van der Waals surface area contributed by atoms with E-state index < -0.39 is 0 Å². The standard InChI is InChI=1S/C14H22N2O/c1-5-14(17)13-7-6-12(10-15-13)16(4)9-8-11(2)3/h6-7,10-11H,5,8-9H2,1-4H3. The summed E-state index contributed by atoms with van der Waals surface area (Å²) in [6.07, 6.45) is 3.45. The van der Waals surface area contributed by atoms with Crippen LogP contribution in [0.2, 0.25) is 0 Å². The number of hydrogen-bond acceptors (Lipinski definition) is 3. The lowest BCUT2D eigenvalue weighted by Crippen LogP contribution is -2.20. The van der Waals surface area contributed by atoms with E-state index in [-0.39, 0.29) is 5.78 Å². The predicted molar refractivity (Wildman–Crippen MR) is 71.6 cm³/mol. The average molecular weight is 234 g/mol. The Morgan fingerprint density at radius 3 is 2.59 bits per heavy atom. The first-order valence-corrected chi connectivity index (χ1v) is 6.25. The van der Waals surface area contributed by atoms with Gasteiger partial charge in [-0.1, -0.05) is 20.8 Å². The summed E-state index contributed by atoms with van der Waals surface area (Å²) in [5, 5.41) is 0. The van der Waals surface area contributed by atoms with Gasteiger partial charge in [0, 0.05) is 20.0 Å². The first-order chi connectivity index (χ1) is 8.04. The van der Waals surface area contributed by atoms with Crippen LogP contribution in [0.5, 0.6) is 0 Å². The highest BCUT2D eigenvalue weighted by Gasteiger charge is 2.06. The van der Waals surface area contributed by atoms with E-state index in [0.29, 0.717) is 18.0 Å². The molecule has 0 unspecified atom stereocenters. The number of carbonyl (C=O) groups is 1. The van der Waals surface area contributed by atoms with Gasteiger partial charge in [0.15, 0.2) is 5.78 Å². The lowest BCUT2D eigenvalue weighted by Gasteiger charge is -2.20. The van der Waals surface area contributed by atoms with Crippen LogP contribution >= 0.6 is 0 Å². The van der Waals surface area contributed by atoms with Crippen molar-refractivity contribution < 1.29 is 4.79 Å². The zero-order valence-electron chi connectivity index (χ0n) is 11.2. The molecule has 0 fully saturated rings. The Labute approximate surface area is 104 Å². The minimum atomic E-state index is 0.0985. The second-order valence-electron chi connectivity index (χ2n) is 4.78. The molecule has 0 radical (unpaired) electrons. The SMILES string of the molecule is CCC(=O)c1ccc(N(C)CCC(C)C)cn1. The number of Topliss-reactive ketones (excluding diaryl/α,β-unsaturated/α-hetero) is 1. The van der Waals surface area contributed by atoms with Crippen LogP contribution in [-0.4, -0.2) is 24.4 Å². The van der Waals surface area contributed by atoms with Crippen molar-refractivity contribution in [2.75, 3.05) is 18.5 Å². The van der Waals surface area contributed by atoms with Crippen molar-refractivity contribution in [1.82, 2.24) is 4.98 Å². The highest BCUT2D eigenvalue weighted by atomic mass is 16.1. The maximum absolute atomic E-state index is 11.4. The molecule has 0 aliphatic carbocycles. The van der Waals surface area contributed by atoms with Gasteiger partial charge in [0.05, 0.1) is 11.9 Å². The first-order valence-electron chi connectivity index (χ1n) is 6.25. The van der Waals surface area contributed by atoms with Gasteiger partial charge in [-0.25, -0.2) is 0 Å². The van der Waals surface area contributed by atoms with Crippen molar-refractivity contribution in [3.05, 3.63) is 24.0 Å². The minimum absolute atomic E-state index is 0.0985. The number of anilines is 1. The molecule has 17 heavy (non-hydrogen) atoms. The van der Waals surface area contributed by atoms with Gasteiger partial charge in [-0.2, -0.15) is 0 Å². The molecule has 0 atom stereocenters. The third kappa shape index (κ3) is 4.17. The number of carbonyl (C=O) groups excluding carboxylic acids is 1. The third-order valence-electron chi connectivity index (χ3n) is 2.84. The van der Waals surface area contributed by atoms with Crippen molar-refractivity contribution in [3.63, 3.8) is 0 Å². The number of nitrogens with zero attached hydrogens (tertiary/aromatic N) is 2. The Hall–Kier alpha value is -1.38. The van der Waals surface area contributed by atoms with Crippen molar-refractivity contribution in [3.8, 4) is 0 Å². The molecule has 3 nitrogen and oxygen atoms in total. The Kier molecular flexibility index (Phi) is 5.13. The quantitative estimate of drug-likeness (QED) is 0.709. The van der Waals surface area contributed by atoms with Gasteiger partial charge in [-0.3, -0.25) is 9.78 Å². The van der Waals surface area contributed by atoms with E-state index in [2.05, 4.69) is 30.8 Å². The number of rotatable bonds is 6. The second-order valence-corrected chi connectivity index (χ2v) is 4.78. The molecule has 0 saturated heterocycles. The van der Waals surface area contributed by atoms with Crippen LogP contribution in [-0.2, 0) is 0 Å². The van der Waals surface area contributed by atoms with E-state index in [0.717, 1.165) is 18.7 Å². The van der Waals surface area contributed by atoms with Gasteiger partial charge < -0.3 is 4.90 Å². The molecule has 0 amide bonds. The molecule has 1 aromatic rings. The lowest BCUT2D eigenvalue weighted by molar-refractivity contribution is 0.0983. The summed E-state index contributed by atoms with van der Waals surface area (Å²) in [4.78, 5) is 17.8. The van der Waals surface area contributed by atoms with Crippen molar-refractivity contribution in [2.24, 2.45) is 5.92 Å². The Morgan fingerprint density at radius 2 is 2.12 bits per heavy atom. The highest BCUT2D eigenvalue weighted by molar-refractivity contribution is 5.94. The maximum Gasteiger partial charge on any atom is 0.180 e. The summed E-state index contributed by atoms with van der Waals surface area (Å²) in [5.74, 6) is 0.799. The largest absolute Gasteiger partial charge is 0.373 e. The fraction of sp³-hybridized carbons (Fsp3) is 0.571. The van der Waals surface area contributed by atoms with Crippen LogP contribution < -0.4 is 4.90 Å². The van der Waals surface area contributed by atoms with Crippen molar-refractivity contribution in [1.29, 1.82) is 0 Å². The summed E-state index contributed by atoms with van der Waals surface area (Å²) in [6.45, 7) is 7.30. The zero-order chi connectivity index (χ0) is 12.8. The van der Waals surface area contributed by atoms with E-state index in [1.165, 1.54) is 0 Å². The maximum atomic E-state index is 11.4. The molecule has 0 aliphatic rings. The monoisotopic (exact) mass is 234 g/mol. The van der Waals surface area contributed by atoms with Gasteiger partial charge in [0.2, 0.25) is 0 Å². The van der Waals surface area contributed by atoms with Gasteiger partial charge in [0.1, 0.15) is 5.69 Å². The third-order valence-corrected chi connectivity index (χ3v) is 2.84. The average Bonchev–Trinajstić information content (AvgIpc) is 2.35. The topological polar surface area (TPSA) is 33.2 Å². The molecule has 3 heteroatoms. The molecular weight excluding hydrogens is 212 g/mol. The first kappa shape index (κ1) is 13.7. The van der Waals surface area contributed by atoms with E-state index >= 15 is 0 Å². The number of pyridine rings is 1. The van der Waals surface area contributed by atoms with Gasteiger partial charge in [-0.15, -0.1) is 0 Å². The molecule has 1 heterocycles. The van der Waals surface area contributed by atoms with Crippen LogP contribution in [0.25, 0.3) is 0 Å². The van der Waals surface area contributed by atoms with Crippen molar-refractivity contribution >= 4 is 11.5 Å². The van der Waals surface area contributed by atoms with Crippen molar-refractivity contribution in [2.45, 2.75) is 33.6 Å². The number of hydrogen-bond donors (Lipinski definition) is 0. The highest BCUT2D eigenvalue weighted by Crippen LogP contribution is 2.13. The van der Waals surface area contributed by atoms with Crippen LogP contribution in [0.1, 0.15) is 44.1 Å². The van der Waals surface area contributed by atoms with Gasteiger partial charge >= 0.3 is 0 Å². The Balaban J connectivity index is 2.63. The van der Waals surface area contributed by atoms with E-state index in [9.17, 15) is 4.79 Å². The molecule has 0 N–H and O–H groups in total. The fourth-order valence-corrected chi connectivity index (χ4v) is 1.54. The van der Waals surface area contributed by atoms with Crippen LogP contribution in [0.4, 0.5) is 5.69 Å². The smallest absolute Gasteiger partial charge is 0.180 e. The van der Waals surface area contributed by atoms with Crippen LogP contribution in [0.15, 0.2) is 18.3 Å². The molecule has 94 valence electrons. The summed E-state index contributed by atoms with van der Waals surface area (Å²) in [7, 11) is 2.06. The number of aromatic nitrogens is 1. The van der Waals surface area contributed by atoms with Crippen LogP contribution in [0.3, 0.4) is 0 Å². The molecule has 0 bridgehead atoms. The van der Waals surface area contributed by atoms with Crippen LogP contribution in [0, 0.1) is 5.92 Å². The van der Waals surface area contributed by atoms with Gasteiger partial charge in [0.25, 0.3) is 0 Å². The fourth-order valence-electron chi connectivity index (χ4n) is 1.54. The Bertz CT molecular complexity index is 357. The molecule has 0 spiro atoms. The lowest BCUT2D eigenvalue weighted by atomic mass is 10.1. The normalized spacial score (nSPS) is 10.6. The van der Waals surface area contributed by atoms with E-state index in [1.807, 2.05) is 19.1 Å². The summed E-state index contributed by atoms with van der Waals surface area (Å²) in [6, 6.07) is 3.78. The molecule has 0 aliphatic heterocycles. The summed E-state index contributed by atoms with van der Waals surface area (Å²) >= 11 is 0. The molecule has 0 saturated carbocycles. The molecular formula is C14H22N2O. The summed E-state index contributed by atoms with van der Waals surface area (Å²) in [5.41, 5.74) is 1.63. The number of ketones is 1.